The van der Waals surface area contributed by atoms with Crippen molar-refractivity contribution in [2.75, 3.05) is 11.9 Å². The van der Waals surface area contributed by atoms with Crippen molar-refractivity contribution in [2.45, 2.75) is 93.4 Å². The Morgan fingerprint density at radius 1 is 0.974 bits per heavy atom. The molecule has 3 aromatic heterocycles. The molecule has 2 bridgehead atoms. The number of allylic oxidation sites excluding steroid dienone is 3. The van der Waals surface area contributed by atoms with Crippen LogP contribution in [0.5, 0.6) is 0 Å². The molecule has 0 atom stereocenters. The van der Waals surface area contributed by atoms with E-state index in [4.69, 9.17) is 0 Å². The van der Waals surface area contributed by atoms with Gasteiger partial charge in [0.05, 0.1) is 31.4 Å². The lowest BCUT2D eigenvalue weighted by atomic mass is 9.83. The first-order valence-corrected chi connectivity index (χ1v) is 14.5. The summed E-state index contributed by atoms with van der Waals surface area (Å²) in [7, 11) is 4.36. The minimum absolute atomic E-state index is 0.0343. The van der Waals surface area contributed by atoms with Crippen molar-refractivity contribution >= 4 is 5.82 Å². The Balaban J connectivity index is 0.00000134. The molecule has 0 aromatic carbocycles. The second-order valence-electron chi connectivity index (χ2n) is 13.4. The molecule has 39 heavy (non-hydrogen) atoms. The number of rotatable bonds is 3. The smallest absolute Gasteiger partial charge is 0.268 e. The Labute approximate surface area is 238 Å². The van der Waals surface area contributed by atoms with Crippen LogP contribution < -0.4 is 14.0 Å². The van der Waals surface area contributed by atoms with Gasteiger partial charge in [0.2, 0.25) is 5.82 Å². The molecular weight excluding hydrogens is 476 g/mol. The second kappa shape index (κ2) is 11.2. The largest absolute Gasteiger partial charge is 0.288 e. The lowest BCUT2D eigenvalue weighted by Crippen LogP contribution is -2.54. The first-order valence-electron chi connectivity index (χ1n) is 14.5. The molecule has 0 aliphatic carbocycles. The van der Waals surface area contributed by atoms with Gasteiger partial charge in [-0.25, -0.2) is 4.57 Å². The van der Waals surface area contributed by atoms with E-state index < -0.39 is 0 Å². The quantitative estimate of drug-likeness (QED) is 0.249. The molecule has 210 valence electrons. The topological polar surface area (TPSA) is 15.9 Å². The fourth-order valence-electron chi connectivity index (χ4n) is 5.23. The van der Waals surface area contributed by atoms with Crippen molar-refractivity contribution in [3.63, 3.8) is 0 Å². The van der Waals surface area contributed by atoms with E-state index in [1.165, 1.54) is 34.8 Å². The van der Waals surface area contributed by atoms with Crippen LogP contribution in [0.1, 0.15) is 99.5 Å². The summed E-state index contributed by atoms with van der Waals surface area (Å²) in [6.45, 7) is 24.7. The molecular formula is C35H52N4+2. The van der Waals surface area contributed by atoms with Crippen molar-refractivity contribution in [1.82, 2.24) is 4.57 Å². The van der Waals surface area contributed by atoms with Crippen molar-refractivity contribution in [3.05, 3.63) is 89.5 Å². The molecule has 0 fully saturated rings. The molecule has 0 spiro atoms. The number of hydrogen-bond donors (Lipinski definition) is 0. The molecule has 0 saturated heterocycles. The summed E-state index contributed by atoms with van der Waals surface area (Å²) in [6, 6.07) is 15.7. The van der Waals surface area contributed by atoms with Gasteiger partial charge in [0, 0.05) is 23.8 Å². The van der Waals surface area contributed by atoms with Gasteiger partial charge in [-0.05, 0) is 49.3 Å². The summed E-state index contributed by atoms with van der Waals surface area (Å²) in [5, 5.41) is 0. The van der Waals surface area contributed by atoms with E-state index in [1.807, 2.05) is 0 Å². The molecule has 3 aromatic rings. The average Bonchev–Trinajstić information content (AvgIpc) is 3.28. The van der Waals surface area contributed by atoms with Crippen molar-refractivity contribution in [2.24, 2.45) is 12.5 Å². The maximum absolute atomic E-state index is 2.46. The Kier molecular flexibility index (Phi) is 8.69. The van der Waals surface area contributed by atoms with Crippen LogP contribution in [0.3, 0.4) is 0 Å². The minimum atomic E-state index is -0.209. The lowest BCUT2D eigenvalue weighted by molar-refractivity contribution is -0.685. The van der Waals surface area contributed by atoms with Crippen LogP contribution in [0.4, 0.5) is 5.82 Å². The van der Waals surface area contributed by atoms with Crippen LogP contribution in [-0.4, -0.2) is 11.6 Å². The molecule has 4 heteroatoms. The molecule has 0 amide bonds. The van der Waals surface area contributed by atoms with Crippen molar-refractivity contribution in [3.8, 4) is 11.6 Å². The maximum atomic E-state index is 2.46. The Morgan fingerprint density at radius 3 is 2.13 bits per heavy atom. The highest BCUT2D eigenvalue weighted by Gasteiger charge is 2.40. The van der Waals surface area contributed by atoms with Crippen LogP contribution in [0.25, 0.3) is 11.6 Å². The monoisotopic (exact) mass is 528 g/mol. The van der Waals surface area contributed by atoms with Crippen LogP contribution in [-0.2, 0) is 17.9 Å². The predicted octanol–water partition coefficient (Wildman–Crippen LogP) is 7.87. The fraction of sp³-hybridized carbons (Fsp3) is 0.486. The Bertz CT molecular complexity index is 1370. The number of nitrogens with zero attached hydrogens (tertiary/aromatic N) is 4. The van der Waals surface area contributed by atoms with Crippen LogP contribution in [0.15, 0.2) is 72.6 Å². The SMILES string of the molecule is CC=C/C(=C\N(C)c1cccc2[n+]1-c1cc(C(C)(C)C)cn1-c1cccc([n+]1C)C2(C)C)C(C)(C)C.CCC. The van der Waals surface area contributed by atoms with Gasteiger partial charge >= 0.3 is 0 Å². The van der Waals surface area contributed by atoms with Gasteiger partial charge in [0.25, 0.3) is 11.6 Å². The molecule has 4 rings (SSSR count). The van der Waals surface area contributed by atoms with Crippen LogP contribution in [0.2, 0.25) is 0 Å². The van der Waals surface area contributed by atoms with E-state index in [-0.39, 0.29) is 16.2 Å². The van der Waals surface area contributed by atoms with Gasteiger partial charge in [-0.2, -0.15) is 9.13 Å². The third-order valence-corrected chi connectivity index (χ3v) is 7.50. The molecule has 4 nitrogen and oxygen atoms in total. The summed E-state index contributed by atoms with van der Waals surface area (Å²) in [5.74, 6) is 3.47. The zero-order valence-corrected chi connectivity index (χ0v) is 26.8. The van der Waals surface area contributed by atoms with Gasteiger partial charge < -0.3 is 0 Å². The zero-order valence-electron chi connectivity index (χ0n) is 26.8. The molecule has 0 N–H and O–H groups in total. The summed E-state index contributed by atoms with van der Waals surface area (Å²) < 4.78 is 7.17. The molecule has 1 aliphatic rings. The number of aromatic nitrogens is 3. The van der Waals surface area contributed by atoms with E-state index in [2.05, 4.69) is 176 Å². The Hall–Kier alpha value is -3.14. The summed E-state index contributed by atoms with van der Waals surface area (Å²) >= 11 is 0. The number of hydrogen-bond acceptors (Lipinski definition) is 1. The van der Waals surface area contributed by atoms with E-state index in [9.17, 15) is 0 Å². The number of anilines is 1. The lowest BCUT2D eigenvalue weighted by Gasteiger charge is -2.30. The van der Waals surface area contributed by atoms with E-state index >= 15 is 0 Å². The third kappa shape index (κ3) is 5.90. The normalized spacial score (nSPS) is 14.6. The maximum Gasteiger partial charge on any atom is 0.288 e. The molecule has 4 heterocycles. The predicted molar refractivity (Wildman–Crippen MR) is 166 cm³/mol. The zero-order chi connectivity index (χ0) is 29.3. The highest BCUT2D eigenvalue weighted by molar-refractivity contribution is 5.46. The second-order valence-corrected chi connectivity index (χ2v) is 13.4. The standard InChI is InChI=1S/C32H44N4.C3H8/c1-12-15-23(30(2,3)4)21-33(10)27-18-14-17-26-32(8,9)25-16-13-19-28(34(25)11)35-22-24(31(5,6)7)20-29(35)36(26)27;1-3-2/h12-22H,1-11H3;3H2,1-2H3/q+2;/b15-12?,23-21+;. The highest BCUT2D eigenvalue weighted by atomic mass is 15.3. The average molecular weight is 529 g/mol. The number of pyridine rings is 2. The first-order chi connectivity index (χ1) is 18.1. The van der Waals surface area contributed by atoms with E-state index in [0.29, 0.717) is 0 Å². The highest BCUT2D eigenvalue weighted by Crippen LogP contribution is 2.34. The minimum Gasteiger partial charge on any atom is -0.268 e. The molecule has 0 unspecified atom stereocenters. The van der Waals surface area contributed by atoms with E-state index in [0.717, 1.165) is 11.6 Å². The van der Waals surface area contributed by atoms with Gasteiger partial charge in [0.15, 0.2) is 0 Å². The molecule has 0 saturated carbocycles. The summed E-state index contributed by atoms with van der Waals surface area (Å²) in [6.07, 6.45) is 10.2. The summed E-state index contributed by atoms with van der Waals surface area (Å²) in [5.41, 5.74) is 5.02. The van der Waals surface area contributed by atoms with Crippen molar-refractivity contribution in [1.29, 1.82) is 0 Å². The molecule has 0 radical (unpaired) electrons. The summed E-state index contributed by atoms with van der Waals surface area (Å²) in [4.78, 5) is 2.28. The van der Waals surface area contributed by atoms with E-state index in [1.54, 1.807) is 0 Å². The van der Waals surface area contributed by atoms with Gasteiger partial charge in [-0.1, -0.05) is 86.1 Å². The van der Waals surface area contributed by atoms with Gasteiger partial charge in [-0.15, -0.1) is 0 Å². The van der Waals surface area contributed by atoms with Gasteiger partial charge in [0.1, 0.15) is 11.9 Å². The van der Waals surface area contributed by atoms with Crippen LogP contribution >= 0.6 is 0 Å². The van der Waals surface area contributed by atoms with Crippen LogP contribution in [0, 0.1) is 5.41 Å². The first kappa shape index (κ1) is 30.4. The number of fused-ring (bicyclic) bond motifs is 6. The van der Waals surface area contributed by atoms with Crippen molar-refractivity contribution < 1.29 is 9.13 Å². The third-order valence-electron chi connectivity index (χ3n) is 7.50. The fourth-order valence-corrected chi connectivity index (χ4v) is 5.23. The molecule has 1 aliphatic heterocycles. The van der Waals surface area contributed by atoms with Gasteiger partial charge in [-0.3, -0.25) is 4.90 Å². The Morgan fingerprint density at radius 2 is 1.56 bits per heavy atom.